The van der Waals surface area contributed by atoms with E-state index in [1.807, 2.05) is 6.92 Å². The van der Waals surface area contributed by atoms with E-state index in [1.165, 1.54) is 0 Å². The van der Waals surface area contributed by atoms with Crippen LogP contribution in [0.25, 0.3) is 0 Å². The highest BCUT2D eigenvalue weighted by Gasteiger charge is 2.32. The summed E-state index contributed by atoms with van der Waals surface area (Å²) >= 11 is 0. The summed E-state index contributed by atoms with van der Waals surface area (Å²) in [5, 5.41) is 28.4. The number of hydrogen-bond acceptors (Lipinski definition) is 3. The van der Waals surface area contributed by atoms with Crippen molar-refractivity contribution in [2.45, 2.75) is 71.7 Å². The summed E-state index contributed by atoms with van der Waals surface area (Å²) < 4.78 is 0. The smallest absolute Gasteiger partial charge is 0.0517 e. The van der Waals surface area contributed by atoms with Crippen molar-refractivity contribution in [3.63, 3.8) is 0 Å². The molecule has 0 spiro atoms. The van der Waals surface area contributed by atoms with Crippen LogP contribution < -0.4 is 0 Å². The molecule has 3 atom stereocenters. The van der Waals surface area contributed by atoms with Gasteiger partial charge in [0.25, 0.3) is 0 Å². The third-order valence-electron chi connectivity index (χ3n) is 2.94. The molecule has 0 amide bonds. The van der Waals surface area contributed by atoms with Gasteiger partial charge in [-0.3, -0.25) is 0 Å². The Morgan fingerprint density at radius 3 is 1.20 bits per heavy atom. The minimum absolute atomic E-state index is 0.142. The van der Waals surface area contributed by atoms with Crippen LogP contribution in [0, 0.1) is 5.41 Å². The maximum absolute atomic E-state index is 9.48. The molecule has 92 valence electrons. The van der Waals surface area contributed by atoms with Gasteiger partial charge in [0.1, 0.15) is 0 Å². The third-order valence-corrected chi connectivity index (χ3v) is 2.94. The summed E-state index contributed by atoms with van der Waals surface area (Å²) in [6.45, 7) is 7.32. The predicted octanol–water partition coefficient (Wildman–Crippen LogP) is 1.70. The highest BCUT2D eigenvalue weighted by Crippen LogP contribution is 2.38. The highest BCUT2D eigenvalue weighted by molar-refractivity contribution is 4.83. The van der Waals surface area contributed by atoms with E-state index in [1.54, 1.807) is 20.8 Å². The first-order chi connectivity index (χ1) is 6.81. The monoisotopic (exact) mass is 218 g/mol. The molecular weight excluding hydrogens is 192 g/mol. The first-order valence-electron chi connectivity index (χ1n) is 5.85. The summed E-state index contributed by atoms with van der Waals surface area (Å²) in [7, 11) is 0. The topological polar surface area (TPSA) is 60.7 Å². The van der Waals surface area contributed by atoms with Gasteiger partial charge < -0.3 is 15.3 Å². The second-order valence-corrected chi connectivity index (χ2v) is 5.01. The molecule has 0 rings (SSSR count). The minimum Gasteiger partial charge on any atom is -0.393 e. The average molecular weight is 218 g/mol. The van der Waals surface area contributed by atoms with Gasteiger partial charge in [-0.1, -0.05) is 13.3 Å². The van der Waals surface area contributed by atoms with E-state index >= 15 is 0 Å². The van der Waals surface area contributed by atoms with E-state index in [-0.39, 0.29) is 23.7 Å². The lowest BCUT2D eigenvalue weighted by molar-refractivity contribution is 0.0199. The van der Waals surface area contributed by atoms with Crippen molar-refractivity contribution in [2.75, 3.05) is 0 Å². The minimum atomic E-state index is -0.387. The molecule has 15 heavy (non-hydrogen) atoms. The van der Waals surface area contributed by atoms with Crippen LogP contribution in [0.2, 0.25) is 0 Å². The Hall–Kier alpha value is -0.120. The van der Waals surface area contributed by atoms with Crippen LogP contribution in [0.4, 0.5) is 0 Å². The van der Waals surface area contributed by atoms with Crippen molar-refractivity contribution >= 4 is 0 Å². The van der Waals surface area contributed by atoms with Crippen LogP contribution >= 0.6 is 0 Å². The largest absolute Gasteiger partial charge is 0.393 e. The predicted molar refractivity (Wildman–Crippen MR) is 61.6 cm³/mol. The summed E-state index contributed by atoms with van der Waals surface area (Å²) in [5.41, 5.74) is -0.142. The third kappa shape index (κ3) is 6.13. The summed E-state index contributed by atoms with van der Waals surface area (Å²) in [4.78, 5) is 0. The van der Waals surface area contributed by atoms with Gasteiger partial charge in [-0.05, 0) is 45.4 Å². The second kappa shape index (κ2) is 6.46. The molecule has 0 heterocycles. The van der Waals surface area contributed by atoms with Gasteiger partial charge in [-0.2, -0.15) is 0 Å². The van der Waals surface area contributed by atoms with E-state index in [0.29, 0.717) is 19.3 Å². The Morgan fingerprint density at radius 2 is 1.07 bits per heavy atom. The zero-order chi connectivity index (χ0) is 12.1. The fourth-order valence-corrected chi connectivity index (χ4v) is 2.56. The average Bonchev–Trinajstić information content (AvgIpc) is 1.99. The molecule has 0 saturated heterocycles. The summed E-state index contributed by atoms with van der Waals surface area (Å²) in [6, 6.07) is 0. The molecule has 0 fully saturated rings. The van der Waals surface area contributed by atoms with Crippen molar-refractivity contribution in [3.8, 4) is 0 Å². The maximum atomic E-state index is 9.48. The van der Waals surface area contributed by atoms with E-state index in [9.17, 15) is 15.3 Å². The molecule has 0 bridgehead atoms. The molecule has 3 nitrogen and oxygen atoms in total. The van der Waals surface area contributed by atoms with E-state index in [0.717, 1.165) is 6.42 Å². The Labute approximate surface area is 93.1 Å². The van der Waals surface area contributed by atoms with Crippen LogP contribution in [-0.4, -0.2) is 33.6 Å². The molecule has 0 saturated carbocycles. The molecule has 3 N–H and O–H groups in total. The second-order valence-electron chi connectivity index (χ2n) is 5.01. The number of aliphatic hydroxyl groups excluding tert-OH is 3. The molecule has 0 aliphatic heterocycles. The van der Waals surface area contributed by atoms with Crippen molar-refractivity contribution in [1.82, 2.24) is 0 Å². The summed E-state index contributed by atoms with van der Waals surface area (Å²) in [6.07, 6.45) is 1.62. The highest BCUT2D eigenvalue weighted by atomic mass is 16.3. The van der Waals surface area contributed by atoms with Gasteiger partial charge in [0, 0.05) is 0 Å². The van der Waals surface area contributed by atoms with Gasteiger partial charge >= 0.3 is 0 Å². The first-order valence-corrected chi connectivity index (χ1v) is 5.85. The van der Waals surface area contributed by atoms with E-state index < -0.39 is 0 Å². The van der Waals surface area contributed by atoms with Crippen molar-refractivity contribution in [3.05, 3.63) is 0 Å². The van der Waals surface area contributed by atoms with Gasteiger partial charge in [0.15, 0.2) is 0 Å². The molecule has 0 aromatic heterocycles. The molecule has 0 aliphatic carbocycles. The molecule has 0 aromatic carbocycles. The van der Waals surface area contributed by atoms with E-state index in [4.69, 9.17) is 0 Å². The fraction of sp³-hybridized carbons (Fsp3) is 1.00. The molecule has 0 aliphatic rings. The molecular formula is C12H26O3. The van der Waals surface area contributed by atoms with Crippen LogP contribution in [0.1, 0.15) is 53.4 Å². The van der Waals surface area contributed by atoms with Gasteiger partial charge in [0.2, 0.25) is 0 Å². The fourth-order valence-electron chi connectivity index (χ4n) is 2.56. The molecule has 0 radical (unpaired) electrons. The van der Waals surface area contributed by atoms with Crippen molar-refractivity contribution < 1.29 is 15.3 Å². The number of aliphatic hydroxyl groups is 3. The SMILES string of the molecule is CCC(CC(C)O)(CC(C)O)CC(C)O. The Balaban J connectivity index is 4.59. The van der Waals surface area contributed by atoms with Crippen LogP contribution in [0.15, 0.2) is 0 Å². The quantitative estimate of drug-likeness (QED) is 0.609. The zero-order valence-electron chi connectivity index (χ0n) is 10.4. The lowest BCUT2D eigenvalue weighted by Gasteiger charge is -2.36. The first kappa shape index (κ1) is 14.9. The zero-order valence-corrected chi connectivity index (χ0v) is 10.4. The van der Waals surface area contributed by atoms with Crippen LogP contribution in [0.3, 0.4) is 0 Å². The lowest BCUT2D eigenvalue weighted by Crippen LogP contribution is -2.32. The van der Waals surface area contributed by atoms with E-state index in [2.05, 4.69) is 0 Å². The van der Waals surface area contributed by atoms with Crippen LogP contribution in [-0.2, 0) is 0 Å². The molecule has 3 unspecified atom stereocenters. The standard InChI is InChI=1S/C12H26O3/c1-5-12(6-9(2)13,7-10(3)14)8-11(4)15/h9-11,13-15H,5-8H2,1-4H3. The normalized spacial score (nSPS) is 21.8. The van der Waals surface area contributed by atoms with Crippen molar-refractivity contribution in [1.29, 1.82) is 0 Å². The lowest BCUT2D eigenvalue weighted by atomic mass is 9.72. The number of rotatable bonds is 7. The van der Waals surface area contributed by atoms with Gasteiger partial charge in [-0.15, -0.1) is 0 Å². The summed E-state index contributed by atoms with van der Waals surface area (Å²) in [5.74, 6) is 0. The van der Waals surface area contributed by atoms with Gasteiger partial charge in [0.05, 0.1) is 18.3 Å². The molecule has 0 aromatic rings. The maximum Gasteiger partial charge on any atom is 0.0517 e. The number of hydrogen-bond donors (Lipinski definition) is 3. The Kier molecular flexibility index (Phi) is 6.41. The molecule has 3 heteroatoms. The van der Waals surface area contributed by atoms with Crippen LogP contribution in [0.5, 0.6) is 0 Å². The van der Waals surface area contributed by atoms with Gasteiger partial charge in [-0.25, -0.2) is 0 Å². The Bertz CT molecular complexity index is 138. The Morgan fingerprint density at radius 1 is 0.800 bits per heavy atom. The van der Waals surface area contributed by atoms with Crippen molar-refractivity contribution in [2.24, 2.45) is 5.41 Å².